The number of para-hydroxylation sites is 2. The van der Waals surface area contributed by atoms with Gasteiger partial charge in [-0.2, -0.15) is 0 Å². The minimum atomic E-state index is -0.200. The number of nitrogens with one attached hydrogen (secondary N) is 1. The molecule has 0 radical (unpaired) electrons. The van der Waals surface area contributed by atoms with E-state index in [2.05, 4.69) is 5.32 Å². The Kier molecular flexibility index (Phi) is 6.95. The summed E-state index contributed by atoms with van der Waals surface area (Å²) in [7, 11) is 0. The molecule has 1 amide bonds. The first-order chi connectivity index (χ1) is 11.7. The van der Waals surface area contributed by atoms with Crippen LogP contribution in [0.15, 0.2) is 48.5 Å². The summed E-state index contributed by atoms with van der Waals surface area (Å²) < 4.78 is 16.5. The molecule has 0 spiro atoms. The number of hydrogen-bond acceptors (Lipinski definition) is 4. The number of ether oxygens (including phenoxy) is 3. The molecule has 0 unspecified atom stereocenters. The molecule has 1 N–H and O–H groups in total. The third-order valence-electron chi connectivity index (χ3n) is 3.22. The lowest BCUT2D eigenvalue weighted by Crippen LogP contribution is -2.32. The molecule has 0 saturated carbocycles. The van der Waals surface area contributed by atoms with Crippen molar-refractivity contribution in [2.24, 2.45) is 0 Å². The van der Waals surface area contributed by atoms with Crippen LogP contribution in [0.1, 0.15) is 12.5 Å². The average Bonchev–Trinajstić information content (AvgIpc) is 2.60. The van der Waals surface area contributed by atoms with E-state index in [1.165, 1.54) is 5.56 Å². The topological polar surface area (TPSA) is 56.8 Å². The molecular weight excluding hydrogens is 306 g/mol. The van der Waals surface area contributed by atoms with Crippen LogP contribution in [0.4, 0.5) is 0 Å². The van der Waals surface area contributed by atoms with Gasteiger partial charge >= 0.3 is 0 Å². The first-order valence-electron chi connectivity index (χ1n) is 8.00. The lowest BCUT2D eigenvalue weighted by atomic mass is 10.2. The molecular formula is C19H23NO4. The predicted molar refractivity (Wildman–Crippen MR) is 92.8 cm³/mol. The summed E-state index contributed by atoms with van der Waals surface area (Å²) in [5.74, 6) is 1.78. The summed E-state index contributed by atoms with van der Waals surface area (Å²) in [6, 6.07) is 15.1. The zero-order valence-electron chi connectivity index (χ0n) is 14.1. The summed E-state index contributed by atoms with van der Waals surface area (Å²) in [6.07, 6.45) is 0. The third kappa shape index (κ3) is 5.83. The van der Waals surface area contributed by atoms with E-state index < -0.39 is 0 Å². The minimum Gasteiger partial charge on any atom is -0.492 e. The maximum atomic E-state index is 11.8. The Morgan fingerprint density at radius 2 is 1.62 bits per heavy atom. The highest BCUT2D eigenvalue weighted by atomic mass is 16.5. The number of carbonyl (C=O) groups is 1. The van der Waals surface area contributed by atoms with Gasteiger partial charge in [-0.05, 0) is 38.1 Å². The quantitative estimate of drug-likeness (QED) is 0.719. The second-order valence-electron chi connectivity index (χ2n) is 5.18. The first-order valence-corrected chi connectivity index (χ1v) is 8.00. The van der Waals surface area contributed by atoms with Gasteiger partial charge in [-0.25, -0.2) is 0 Å². The molecule has 5 heteroatoms. The molecule has 0 aromatic heterocycles. The molecule has 128 valence electrons. The summed E-state index contributed by atoms with van der Waals surface area (Å²) in [5.41, 5.74) is 1.18. The maximum absolute atomic E-state index is 11.8. The van der Waals surface area contributed by atoms with Crippen molar-refractivity contribution in [3.05, 3.63) is 54.1 Å². The van der Waals surface area contributed by atoms with Crippen molar-refractivity contribution in [1.82, 2.24) is 5.32 Å². The highest BCUT2D eigenvalue weighted by molar-refractivity contribution is 5.77. The van der Waals surface area contributed by atoms with Crippen LogP contribution >= 0.6 is 0 Å². The van der Waals surface area contributed by atoms with Crippen LogP contribution in [-0.2, 0) is 4.79 Å². The Hall–Kier alpha value is -2.69. The smallest absolute Gasteiger partial charge is 0.258 e. The molecule has 2 rings (SSSR count). The van der Waals surface area contributed by atoms with Gasteiger partial charge in [-0.15, -0.1) is 0 Å². The summed E-state index contributed by atoms with van der Waals surface area (Å²) in [5, 5.41) is 2.76. The Labute approximate surface area is 142 Å². The van der Waals surface area contributed by atoms with Gasteiger partial charge in [-0.3, -0.25) is 4.79 Å². The molecule has 5 nitrogen and oxygen atoms in total. The molecule has 0 bridgehead atoms. The van der Waals surface area contributed by atoms with Crippen molar-refractivity contribution >= 4 is 5.91 Å². The first kappa shape index (κ1) is 17.7. The lowest BCUT2D eigenvalue weighted by Gasteiger charge is -2.12. The third-order valence-corrected chi connectivity index (χ3v) is 3.22. The van der Waals surface area contributed by atoms with E-state index in [-0.39, 0.29) is 12.5 Å². The summed E-state index contributed by atoms with van der Waals surface area (Å²) in [4.78, 5) is 11.8. The molecule has 0 aliphatic rings. The highest BCUT2D eigenvalue weighted by Gasteiger charge is 2.07. The molecule has 0 atom stereocenters. The van der Waals surface area contributed by atoms with Crippen molar-refractivity contribution < 1.29 is 19.0 Å². The van der Waals surface area contributed by atoms with Crippen molar-refractivity contribution in [2.75, 3.05) is 26.4 Å². The predicted octanol–water partition coefficient (Wildman–Crippen LogP) is 2.97. The molecule has 0 aliphatic heterocycles. The molecule has 0 aliphatic carbocycles. The van der Waals surface area contributed by atoms with Crippen LogP contribution in [0.25, 0.3) is 0 Å². The highest BCUT2D eigenvalue weighted by Crippen LogP contribution is 2.26. The van der Waals surface area contributed by atoms with E-state index in [4.69, 9.17) is 14.2 Å². The zero-order valence-corrected chi connectivity index (χ0v) is 14.1. The van der Waals surface area contributed by atoms with Gasteiger partial charge in [0, 0.05) is 0 Å². The van der Waals surface area contributed by atoms with Gasteiger partial charge in [0.05, 0.1) is 13.2 Å². The van der Waals surface area contributed by atoms with E-state index in [1.807, 2.05) is 56.3 Å². The Morgan fingerprint density at radius 3 is 2.29 bits per heavy atom. The van der Waals surface area contributed by atoms with Crippen LogP contribution < -0.4 is 19.5 Å². The molecule has 24 heavy (non-hydrogen) atoms. The molecule has 0 saturated heterocycles. The van der Waals surface area contributed by atoms with Crippen LogP contribution in [0.2, 0.25) is 0 Å². The number of rotatable bonds is 9. The Balaban J connectivity index is 1.67. The van der Waals surface area contributed by atoms with Crippen LogP contribution in [0, 0.1) is 6.92 Å². The average molecular weight is 329 g/mol. The molecule has 2 aromatic rings. The van der Waals surface area contributed by atoms with Gasteiger partial charge in [-0.1, -0.05) is 29.8 Å². The second kappa shape index (κ2) is 9.45. The van der Waals surface area contributed by atoms with Gasteiger partial charge in [0.1, 0.15) is 12.4 Å². The molecule has 2 aromatic carbocycles. The van der Waals surface area contributed by atoms with E-state index in [9.17, 15) is 4.79 Å². The fourth-order valence-corrected chi connectivity index (χ4v) is 2.03. The Morgan fingerprint density at radius 1 is 0.958 bits per heavy atom. The van der Waals surface area contributed by atoms with Gasteiger partial charge in [0.15, 0.2) is 18.1 Å². The van der Waals surface area contributed by atoms with Gasteiger partial charge in [0.2, 0.25) is 0 Å². The monoisotopic (exact) mass is 329 g/mol. The van der Waals surface area contributed by atoms with Crippen molar-refractivity contribution in [2.45, 2.75) is 13.8 Å². The molecule has 0 fully saturated rings. The van der Waals surface area contributed by atoms with E-state index in [0.29, 0.717) is 31.3 Å². The van der Waals surface area contributed by atoms with Crippen LogP contribution in [-0.4, -0.2) is 32.3 Å². The van der Waals surface area contributed by atoms with Crippen molar-refractivity contribution in [3.63, 3.8) is 0 Å². The maximum Gasteiger partial charge on any atom is 0.258 e. The van der Waals surface area contributed by atoms with E-state index in [0.717, 1.165) is 5.75 Å². The minimum absolute atomic E-state index is 0.0609. The van der Waals surface area contributed by atoms with Gasteiger partial charge < -0.3 is 19.5 Å². The molecule has 0 heterocycles. The number of amides is 1. The largest absolute Gasteiger partial charge is 0.492 e. The van der Waals surface area contributed by atoms with E-state index in [1.54, 1.807) is 6.07 Å². The van der Waals surface area contributed by atoms with Gasteiger partial charge in [0.25, 0.3) is 5.91 Å². The normalized spacial score (nSPS) is 10.1. The number of benzene rings is 2. The number of aryl methyl sites for hydroxylation is 1. The SMILES string of the molecule is CCOc1ccccc1OCC(=O)NCCOc1ccc(C)cc1. The standard InChI is InChI=1S/C19H23NO4/c1-3-22-17-6-4-5-7-18(17)24-14-19(21)20-12-13-23-16-10-8-15(2)9-11-16/h4-11H,3,12-14H2,1-2H3,(H,20,21). The zero-order chi connectivity index (χ0) is 17.2. The second-order valence-corrected chi connectivity index (χ2v) is 5.18. The Bertz CT molecular complexity index is 640. The summed E-state index contributed by atoms with van der Waals surface area (Å²) in [6.45, 7) is 5.23. The summed E-state index contributed by atoms with van der Waals surface area (Å²) >= 11 is 0. The van der Waals surface area contributed by atoms with E-state index >= 15 is 0 Å². The van der Waals surface area contributed by atoms with Crippen molar-refractivity contribution in [3.8, 4) is 17.2 Å². The number of carbonyl (C=O) groups excluding carboxylic acids is 1. The lowest BCUT2D eigenvalue weighted by molar-refractivity contribution is -0.123. The fraction of sp³-hybridized carbons (Fsp3) is 0.316. The van der Waals surface area contributed by atoms with Crippen LogP contribution in [0.3, 0.4) is 0 Å². The van der Waals surface area contributed by atoms with Crippen molar-refractivity contribution in [1.29, 1.82) is 0 Å². The fourth-order valence-electron chi connectivity index (χ4n) is 2.03. The van der Waals surface area contributed by atoms with Crippen LogP contribution in [0.5, 0.6) is 17.2 Å². The number of hydrogen-bond donors (Lipinski definition) is 1.